The molecule has 16 heavy (non-hydrogen) atoms. The molecule has 0 aliphatic rings. The van der Waals surface area contributed by atoms with E-state index in [1.54, 1.807) is 10.9 Å². The Labute approximate surface area is 91.9 Å². The Bertz CT molecular complexity index is 694. The van der Waals surface area contributed by atoms with Gasteiger partial charge in [0.1, 0.15) is 0 Å². The topological polar surface area (TPSA) is 37.8 Å². The normalized spacial score (nSPS) is 10.8. The highest BCUT2D eigenvalue weighted by atomic mass is 16.1. The maximum Gasteiger partial charge on any atom is 0.264 e. The molecule has 0 bridgehead atoms. The van der Waals surface area contributed by atoms with E-state index in [0.717, 1.165) is 11.1 Å². The van der Waals surface area contributed by atoms with Crippen LogP contribution in [0.1, 0.15) is 0 Å². The van der Waals surface area contributed by atoms with Crippen LogP contribution in [0.4, 0.5) is 0 Å². The van der Waals surface area contributed by atoms with Crippen molar-refractivity contribution in [3.63, 3.8) is 0 Å². The molecule has 0 fully saturated rings. The number of H-pyrrole nitrogens is 1. The SMILES string of the molecule is O=c1ccn(-c2ccc3ccccc3c2)[nH]1. The number of nitrogens with zero attached hydrogens (tertiary/aromatic N) is 1. The van der Waals surface area contributed by atoms with Crippen LogP contribution in [0.25, 0.3) is 16.5 Å². The number of rotatable bonds is 1. The van der Waals surface area contributed by atoms with E-state index in [2.05, 4.69) is 17.2 Å². The van der Waals surface area contributed by atoms with Crippen LogP contribution in [-0.4, -0.2) is 9.78 Å². The van der Waals surface area contributed by atoms with Gasteiger partial charge in [0.05, 0.1) is 5.69 Å². The standard InChI is InChI=1S/C13H10N2O/c16-13-7-8-15(14-13)12-6-5-10-3-1-2-4-11(10)9-12/h1-9H,(H,14,16). The van der Waals surface area contributed by atoms with E-state index in [0.29, 0.717) is 0 Å². The minimum atomic E-state index is -0.0897. The Morgan fingerprint density at radius 3 is 2.50 bits per heavy atom. The van der Waals surface area contributed by atoms with Gasteiger partial charge in [-0.3, -0.25) is 14.6 Å². The Morgan fingerprint density at radius 1 is 0.938 bits per heavy atom. The number of hydrogen-bond donors (Lipinski definition) is 1. The lowest BCUT2D eigenvalue weighted by molar-refractivity contribution is 0.865. The number of benzene rings is 2. The third-order valence-electron chi connectivity index (χ3n) is 2.62. The van der Waals surface area contributed by atoms with Gasteiger partial charge >= 0.3 is 0 Å². The smallest absolute Gasteiger partial charge is 0.264 e. The van der Waals surface area contributed by atoms with Crippen LogP contribution in [0.3, 0.4) is 0 Å². The van der Waals surface area contributed by atoms with E-state index in [9.17, 15) is 4.79 Å². The summed E-state index contributed by atoms with van der Waals surface area (Å²) in [5.74, 6) is 0. The largest absolute Gasteiger partial charge is 0.268 e. The van der Waals surface area contributed by atoms with Crippen molar-refractivity contribution in [2.75, 3.05) is 0 Å². The van der Waals surface area contributed by atoms with Crippen molar-refractivity contribution in [1.82, 2.24) is 9.78 Å². The van der Waals surface area contributed by atoms with Gasteiger partial charge in [-0.1, -0.05) is 30.3 Å². The molecule has 1 N–H and O–H groups in total. The summed E-state index contributed by atoms with van der Waals surface area (Å²) in [5.41, 5.74) is 0.869. The van der Waals surface area contributed by atoms with Crippen LogP contribution < -0.4 is 5.56 Å². The highest BCUT2D eigenvalue weighted by Gasteiger charge is 1.98. The molecule has 0 spiro atoms. The molecule has 0 unspecified atom stereocenters. The van der Waals surface area contributed by atoms with Gasteiger partial charge in [0.25, 0.3) is 5.56 Å². The van der Waals surface area contributed by atoms with Gasteiger partial charge in [-0.2, -0.15) is 0 Å². The number of aromatic amines is 1. The van der Waals surface area contributed by atoms with Crippen LogP contribution in [0, 0.1) is 0 Å². The molecule has 0 aliphatic carbocycles. The fourth-order valence-electron chi connectivity index (χ4n) is 1.81. The van der Waals surface area contributed by atoms with Crippen molar-refractivity contribution in [2.24, 2.45) is 0 Å². The molecule has 0 atom stereocenters. The predicted molar refractivity (Wildman–Crippen MR) is 63.9 cm³/mol. The van der Waals surface area contributed by atoms with Gasteiger partial charge < -0.3 is 0 Å². The zero-order chi connectivity index (χ0) is 11.0. The number of aromatic nitrogens is 2. The zero-order valence-corrected chi connectivity index (χ0v) is 8.55. The van der Waals surface area contributed by atoms with Gasteiger partial charge in [-0.05, 0) is 22.9 Å². The van der Waals surface area contributed by atoms with Crippen molar-refractivity contribution in [3.8, 4) is 5.69 Å². The van der Waals surface area contributed by atoms with Crippen LogP contribution in [0.5, 0.6) is 0 Å². The first-order chi connectivity index (χ1) is 7.83. The average molecular weight is 210 g/mol. The molecule has 1 aromatic heterocycles. The predicted octanol–water partition coefficient (Wildman–Crippen LogP) is 2.32. The first-order valence-corrected chi connectivity index (χ1v) is 5.10. The third-order valence-corrected chi connectivity index (χ3v) is 2.62. The number of fused-ring (bicyclic) bond motifs is 1. The minimum absolute atomic E-state index is 0.0897. The van der Waals surface area contributed by atoms with Crippen LogP contribution in [0.15, 0.2) is 59.5 Å². The van der Waals surface area contributed by atoms with Crippen molar-refractivity contribution in [1.29, 1.82) is 0 Å². The van der Waals surface area contributed by atoms with Gasteiger partial charge in [-0.25, -0.2) is 0 Å². The number of nitrogens with one attached hydrogen (secondary N) is 1. The first kappa shape index (κ1) is 8.97. The summed E-state index contributed by atoms with van der Waals surface area (Å²) in [6.45, 7) is 0. The summed E-state index contributed by atoms with van der Waals surface area (Å²) in [7, 11) is 0. The molecule has 0 saturated heterocycles. The molecule has 0 saturated carbocycles. The summed E-state index contributed by atoms with van der Waals surface area (Å²) in [6, 6.07) is 15.7. The molecule has 0 radical (unpaired) electrons. The Morgan fingerprint density at radius 2 is 1.75 bits per heavy atom. The fraction of sp³-hybridized carbons (Fsp3) is 0. The average Bonchev–Trinajstić information content (AvgIpc) is 2.75. The van der Waals surface area contributed by atoms with Crippen LogP contribution in [-0.2, 0) is 0 Å². The molecule has 0 aliphatic heterocycles. The second kappa shape index (κ2) is 3.38. The maximum atomic E-state index is 11.1. The quantitative estimate of drug-likeness (QED) is 0.657. The van der Waals surface area contributed by atoms with Gasteiger partial charge in [0.15, 0.2) is 0 Å². The van der Waals surface area contributed by atoms with Gasteiger partial charge in [0, 0.05) is 12.3 Å². The third kappa shape index (κ3) is 1.42. The van der Waals surface area contributed by atoms with E-state index in [1.165, 1.54) is 11.5 Å². The Balaban J connectivity index is 2.22. The summed E-state index contributed by atoms with van der Waals surface area (Å²) in [4.78, 5) is 11.1. The Kier molecular flexibility index (Phi) is 1.90. The zero-order valence-electron chi connectivity index (χ0n) is 8.55. The molecule has 3 aromatic rings. The van der Waals surface area contributed by atoms with Crippen LogP contribution >= 0.6 is 0 Å². The van der Waals surface area contributed by atoms with E-state index >= 15 is 0 Å². The first-order valence-electron chi connectivity index (χ1n) is 5.10. The highest BCUT2D eigenvalue weighted by Crippen LogP contribution is 2.17. The van der Waals surface area contributed by atoms with Crippen molar-refractivity contribution in [2.45, 2.75) is 0 Å². The highest BCUT2D eigenvalue weighted by molar-refractivity contribution is 5.84. The summed E-state index contributed by atoms with van der Waals surface area (Å²) >= 11 is 0. The van der Waals surface area contributed by atoms with Crippen molar-refractivity contribution in [3.05, 3.63) is 65.1 Å². The molecular formula is C13H10N2O. The molecule has 1 heterocycles. The summed E-state index contributed by atoms with van der Waals surface area (Å²) < 4.78 is 1.72. The summed E-state index contributed by atoms with van der Waals surface area (Å²) in [5, 5.41) is 5.07. The van der Waals surface area contributed by atoms with Crippen molar-refractivity contribution >= 4 is 10.8 Å². The molecule has 3 nitrogen and oxygen atoms in total. The fourth-order valence-corrected chi connectivity index (χ4v) is 1.81. The van der Waals surface area contributed by atoms with Crippen molar-refractivity contribution < 1.29 is 0 Å². The van der Waals surface area contributed by atoms with Crippen LogP contribution in [0.2, 0.25) is 0 Å². The van der Waals surface area contributed by atoms with E-state index in [-0.39, 0.29) is 5.56 Å². The maximum absolute atomic E-state index is 11.1. The molecular weight excluding hydrogens is 200 g/mol. The number of hydrogen-bond acceptors (Lipinski definition) is 1. The van der Waals surface area contributed by atoms with Gasteiger partial charge in [-0.15, -0.1) is 0 Å². The molecule has 3 rings (SSSR count). The molecule has 78 valence electrons. The lowest BCUT2D eigenvalue weighted by Crippen LogP contribution is -2.02. The van der Waals surface area contributed by atoms with Gasteiger partial charge in [0.2, 0.25) is 0 Å². The molecule has 2 aromatic carbocycles. The van der Waals surface area contributed by atoms with E-state index < -0.39 is 0 Å². The Hall–Kier alpha value is -2.29. The monoisotopic (exact) mass is 210 g/mol. The summed E-state index contributed by atoms with van der Waals surface area (Å²) in [6.07, 6.45) is 1.73. The minimum Gasteiger partial charge on any atom is -0.268 e. The molecule has 3 heteroatoms. The second-order valence-electron chi connectivity index (χ2n) is 3.69. The lowest BCUT2D eigenvalue weighted by Gasteiger charge is -2.04. The van der Waals surface area contributed by atoms with E-state index in [4.69, 9.17) is 0 Å². The van der Waals surface area contributed by atoms with E-state index in [1.807, 2.05) is 30.3 Å². The molecule has 0 amide bonds. The lowest BCUT2D eigenvalue weighted by atomic mass is 10.1. The second-order valence-corrected chi connectivity index (χ2v) is 3.69.